The van der Waals surface area contributed by atoms with Crippen molar-refractivity contribution in [2.24, 2.45) is 0 Å². The molecule has 0 spiro atoms. The van der Waals surface area contributed by atoms with E-state index in [0.717, 1.165) is 27.4 Å². The second-order valence-electron chi connectivity index (χ2n) is 8.79. The fraction of sp³-hybridized carbons (Fsp3) is 0.129. The molecule has 1 heterocycles. The summed E-state index contributed by atoms with van der Waals surface area (Å²) in [6.45, 7) is 2.27. The second kappa shape index (κ2) is 12.7. The van der Waals surface area contributed by atoms with Crippen molar-refractivity contribution in [2.45, 2.75) is 6.92 Å². The quantitative estimate of drug-likeness (QED) is 0.109. The number of nitrogens with zero attached hydrogens (tertiary/aromatic N) is 1. The predicted molar refractivity (Wildman–Crippen MR) is 161 cm³/mol. The van der Waals surface area contributed by atoms with Gasteiger partial charge in [0.1, 0.15) is 12.4 Å². The van der Waals surface area contributed by atoms with E-state index in [9.17, 15) is 14.4 Å². The van der Waals surface area contributed by atoms with Crippen LogP contribution in [0.4, 0.5) is 4.79 Å². The van der Waals surface area contributed by atoms with Gasteiger partial charge in [0.05, 0.1) is 33.7 Å². The summed E-state index contributed by atoms with van der Waals surface area (Å²) in [5, 5.41) is 1.91. The lowest BCUT2D eigenvalue weighted by atomic mass is 10.1. The van der Waals surface area contributed by atoms with E-state index in [2.05, 4.69) is 0 Å². The number of esters is 1. The van der Waals surface area contributed by atoms with Crippen molar-refractivity contribution < 1.29 is 28.6 Å². The van der Waals surface area contributed by atoms with Crippen molar-refractivity contribution in [1.82, 2.24) is 4.90 Å². The number of thioether (sulfide) groups is 1. The van der Waals surface area contributed by atoms with Gasteiger partial charge in [-0.2, -0.15) is 0 Å². The Morgan fingerprint density at radius 3 is 2.46 bits per heavy atom. The minimum Gasteiger partial charge on any atom is -0.491 e. The van der Waals surface area contributed by atoms with Gasteiger partial charge in [0.2, 0.25) is 0 Å². The molecule has 0 radical (unpaired) electrons. The van der Waals surface area contributed by atoms with Gasteiger partial charge in [0.15, 0.2) is 11.5 Å². The molecule has 0 atom stereocenters. The molecule has 2 amide bonds. The Bertz CT molecular complexity index is 1680. The molecule has 4 aromatic carbocycles. The summed E-state index contributed by atoms with van der Waals surface area (Å²) in [6, 6.07) is 23.1. The molecule has 0 unspecified atom stereocenters. The number of ether oxygens (including phenoxy) is 3. The van der Waals surface area contributed by atoms with Crippen LogP contribution in [0.3, 0.4) is 0 Å². The van der Waals surface area contributed by atoms with E-state index >= 15 is 0 Å². The van der Waals surface area contributed by atoms with Gasteiger partial charge < -0.3 is 14.2 Å². The average molecular weight is 608 g/mol. The van der Waals surface area contributed by atoms with Crippen LogP contribution in [0.2, 0.25) is 10.0 Å². The molecule has 1 aliphatic heterocycles. The third-order valence-corrected chi connectivity index (χ3v) is 7.63. The van der Waals surface area contributed by atoms with E-state index < -0.39 is 17.1 Å². The fourth-order valence-corrected chi connectivity index (χ4v) is 5.56. The Morgan fingerprint density at radius 2 is 1.66 bits per heavy atom. The van der Waals surface area contributed by atoms with Crippen LogP contribution >= 0.6 is 35.0 Å². The van der Waals surface area contributed by atoms with Crippen LogP contribution in [0.5, 0.6) is 17.2 Å². The zero-order chi connectivity index (χ0) is 28.9. The highest BCUT2D eigenvalue weighted by atomic mass is 35.5. The lowest BCUT2D eigenvalue weighted by Crippen LogP contribution is -2.32. The number of carbonyl (C=O) groups excluding carboxylic acids is 3. The summed E-state index contributed by atoms with van der Waals surface area (Å²) < 4.78 is 17.1. The smallest absolute Gasteiger partial charge is 0.345 e. The maximum atomic E-state index is 13.1. The minimum atomic E-state index is -0.696. The van der Waals surface area contributed by atoms with Crippen LogP contribution in [0.15, 0.2) is 83.8 Å². The van der Waals surface area contributed by atoms with Gasteiger partial charge in [-0.1, -0.05) is 71.7 Å². The topological polar surface area (TPSA) is 82.1 Å². The van der Waals surface area contributed by atoms with Crippen LogP contribution < -0.4 is 14.2 Å². The number of imide groups is 1. The van der Waals surface area contributed by atoms with E-state index in [1.165, 1.54) is 12.1 Å². The Hall–Kier alpha value is -3.98. The number of amides is 2. The highest BCUT2D eigenvalue weighted by Crippen LogP contribution is 2.40. The molecule has 4 aromatic rings. The van der Waals surface area contributed by atoms with E-state index in [4.69, 9.17) is 37.4 Å². The number of hydrogen-bond donors (Lipinski definition) is 0. The number of carbonyl (C=O) groups is 3. The van der Waals surface area contributed by atoms with E-state index in [-0.39, 0.29) is 51.8 Å². The zero-order valence-electron chi connectivity index (χ0n) is 21.8. The lowest BCUT2D eigenvalue weighted by molar-refractivity contribution is -0.123. The van der Waals surface area contributed by atoms with Crippen LogP contribution in [0.25, 0.3) is 16.8 Å². The van der Waals surface area contributed by atoms with Crippen molar-refractivity contribution in [3.63, 3.8) is 0 Å². The first-order valence-corrected chi connectivity index (χ1v) is 14.2. The third kappa shape index (κ3) is 6.35. The van der Waals surface area contributed by atoms with Crippen LogP contribution in [0, 0.1) is 0 Å². The van der Waals surface area contributed by atoms with E-state index in [1.54, 1.807) is 37.3 Å². The number of hydrogen-bond acceptors (Lipinski definition) is 7. The highest BCUT2D eigenvalue weighted by Gasteiger charge is 2.35. The second-order valence-corrected chi connectivity index (χ2v) is 10.6. The molecule has 41 heavy (non-hydrogen) atoms. The molecule has 5 rings (SSSR count). The van der Waals surface area contributed by atoms with Crippen LogP contribution in [-0.2, 0) is 4.79 Å². The first kappa shape index (κ1) is 28.5. The molecule has 0 aliphatic carbocycles. The van der Waals surface area contributed by atoms with E-state index in [0.29, 0.717) is 11.3 Å². The fourth-order valence-electron chi connectivity index (χ4n) is 4.22. The molecule has 7 nitrogen and oxygen atoms in total. The predicted octanol–water partition coefficient (Wildman–Crippen LogP) is 7.88. The van der Waals surface area contributed by atoms with Crippen molar-refractivity contribution in [1.29, 1.82) is 0 Å². The first-order chi connectivity index (χ1) is 19.9. The molecule has 10 heteroatoms. The molecular weight excluding hydrogens is 585 g/mol. The SMILES string of the molecule is CCOc1cc(/C=C2\SC(=O)N(CCOc3cccc4ccccc34)C2=O)cc(Cl)c1OC(=O)c1ccccc1Cl. The molecule has 1 fully saturated rings. The van der Waals surface area contributed by atoms with Crippen LogP contribution in [0.1, 0.15) is 22.8 Å². The minimum absolute atomic E-state index is 0.0225. The maximum Gasteiger partial charge on any atom is 0.345 e. The van der Waals surface area contributed by atoms with Crippen molar-refractivity contribution in [3.8, 4) is 17.2 Å². The number of benzene rings is 4. The molecule has 1 aliphatic rings. The van der Waals surface area contributed by atoms with Crippen molar-refractivity contribution in [3.05, 3.63) is 105 Å². The van der Waals surface area contributed by atoms with E-state index in [1.807, 2.05) is 42.5 Å². The van der Waals surface area contributed by atoms with Crippen LogP contribution in [-0.4, -0.2) is 41.8 Å². The summed E-state index contributed by atoms with van der Waals surface area (Å²) in [5.74, 6) is -0.231. The summed E-state index contributed by atoms with van der Waals surface area (Å²) in [7, 11) is 0. The van der Waals surface area contributed by atoms with Gasteiger partial charge >= 0.3 is 5.97 Å². The van der Waals surface area contributed by atoms with Gasteiger partial charge in [0.25, 0.3) is 11.1 Å². The largest absolute Gasteiger partial charge is 0.491 e. The standard InChI is InChI=1S/C31H23Cl2NO6S/c1-2-38-26-17-19(16-24(33)28(26)40-30(36)22-11-5-6-12-23(22)32)18-27-29(35)34(31(37)41-27)14-15-39-25-13-7-9-20-8-3-4-10-21(20)25/h3-13,16-18H,2,14-15H2,1H3/b27-18-. The van der Waals surface area contributed by atoms with Gasteiger partial charge in [-0.25, -0.2) is 4.79 Å². The number of halogens is 2. The molecule has 1 saturated heterocycles. The summed E-state index contributed by atoms with van der Waals surface area (Å²) in [4.78, 5) is 39.8. The molecular formula is C31H23Cl2NO6S. The normalized spacial score (nSPS) is 14.1. The zero-order valence-corrected chi connectivity index (χ0v) is 24.1. The van der Waals surface area contributed by atoms with Crippen molar-refractivity contribution in [2.75, 3.05) is 19.8 Å². The summed E-state index contributed by atoms with van der Waals surface area (Å²) in [6.07, 6.45) is 1.55. The summed E-state index contributed by atoms with van der Waals surface area (Å²) >= 11 is 13.4. The Labute approximate surface area is 250 Å². The molecule has 0 bridgehead atoms. The Kier molecular flexibility index (Phi) is 8.83. The number of rotatable bonds is 9. The first-order valence-electron chi connectivity index (χ1n) is 12.6. The highest BCUT2D eigenvalue weighted by molar-refractivity contribution is 8.18. The summed E-state index contributed by atoms with van der Waals surface area (Å²) in [5.41, 5.74) is 0.670. The van der Waals surface area contributed by atoms with Gasteiger partial charge in [-0.15, -0.1) is 0 Å². The third-order valence-electron chi connectivity index (χ3n) is 6.11. The Morgan fingerprint density at radius 1 is 0.902 bits per heavy atom. The molecule has 208 valence electrons. The molecule has 0 aromatic heterocycles. The van der Waals surface area contributed by atoms with Gasteiger partial charge in [-0.05, 0) is 66.0 Å². The number of fused-ring (bicyclic) bond motifs is 1. The van der Waals surface area contributed by atoms with Crippen molar-refractivity contribution >= 4 is 68.9 Å². The monoisotopic (exact) mass is 607 g/mol. The van der Waals surface area contributed by atoms with Gasteiger partial charge in [-0.3, -0.25) is 14.5 Å². The lowest BCUT2D eigenvalue weighted by Gasteiger charge is -2.14. The average Bonchev–Trinajstić information content (AvgIpc) is 3.22. The Balaban J connectivity index is 1.31. The molecule has 0 N–H and O–H groups in total. The van der Waals surface area contributed by atoms with Gasteiger partial charge in [0, 0.05) is 5.39 Å². The maximum absolute atomic E-state index is 13.1. The molecule has 0 saturated carbocycles.